The fourth-order valence-corrected chi connectivity index (χ4v) is 4.52. The number of sulfonamides is 1. The summed E-state index contributed by atoms with van der Waals surface area (Å²) < 4.78 is 25.2. The van der Waals surface area contributed by atoms with Crippen molar-refractivity contribution in [2.45, 2.75) is 43.1 Å². The zero-order valence-electron chi connectivity index (χ0n) is 14.5. The van der Waals surface area contributed by atoms with Gasteiger partial charge in [-0.05, 0) is 44.5 Å². The molecule has 0 aliphatic rings. The average Bonchev–Trinajstić information content (AvgIpc) is 2.87. The number of benzene rings is 2. The molecule has 0 saturated heterocycles. The Kier molecular flexibility index (Phi) is 4.90. The zero-order valence-corrected chi connectivity index (χ0v) is 16.1. The standard InChI is InChI=1S/C18H21N3O2S2/c1-4-21-17-6-5-15(25(19,22)23)10-16(17)20-18(21)24-11-14-8-12(2)7-13(3)9-14/h5-10H,4,11H2,1-3H3,(H2,19,22,23). The van der Waals surface area contributed by atoms with Gasteiger partial charge in [0.2, 0.25) is 10.0 Å². The Morgan fingerprint density at radius 3 is 2.40 bits per heavy atom. The summed E-state index contributed by atoms with van der Waals surface area (Å²) in [5.74, 6) is 0.813. The smallest absolute Gasteiger partial charge is 0.238 e. The number of hydrogen-bond acceptors (Lipinski definition) is 4. The Morgan fingerprint density at radius 1 is 1.12 bits per heavy atom. The van der Waals surface area contributed by atoms with E-state index in [2.05, 4.69) is 48.5 Å². The Balaban J connectivity index is 1.95. The summed E-state index contributed by atoms with van der Waals surface area (Å²) in [7, 11) is -3.73. The van der Waals surface area contributed by atoms with Gasteiger partial charge in [-0.1, -0.05) is 41.1 Å². The molecule has 0 amide bonds. The van der Waals surface area contributed by atoms with Crippen molar-refractivity contribution in [3.8, 4) is 0 Å². The summed E-state index contributed by atoms with van der Waals surface area (Å²) in [5, 5.41) is 6.10. The minimum Gasteiger partial charge on any atom is -0.319 e. The molecule has 7 heteroatoms. The minimum atomic E-state index is -3.73. The SMILES string of the molecule is CCn1c(SCc2cc(C)cc(C)c2)nc2cc(S(N)(=O)=O)ccc21. The van der Waals surface area contributed by atoms with Crippen molar-refractivity contribution < 1.29 is 8.42 Å². The Morgan fingerprint density at radius 2 is 1.80 bits per heavy atom. The summed E-state index contributed by atoms with van der Waals surface area (Å²) in [5.41, 5.74) is 5.31. The molecule has 2 aromatic carbocycles. The maximum absolute atomic E-state index is 11.6. The predicted octanol–water partition coefficient (Wildman–Crippen LogP) is 3.61. The summed E-state index contributed by atoms with van der Waals surface area (Å²) in [6.07, 6.45) is 0. The number of fused-ring (bicyclic) bond motifs is 1. The van der Waals surface area contributed by atoms with Gasteiger partial charge in [-0.2, -0.15) is 0 Å². The van der Waals surface area contributed by atoms with Gasteiger partial charge in [0.25, 0.3) is 0 Å². The van der Waals surface area contributed by atoms with Crippen LogP contribution in [0.5, 0.6) is 0 Å². The fraction of sp³-hybridized carbons (Fsp3) is 0.278. The predicted molar refractivity (Wildman–Crippen MR) is 102 cm³/mol. The number of rotatable bonds is 5. The summed E-state index contributed by atoms with van der Waals surface area (Å²) in [4.78, 5) is 4.71. The first-order valence-electron chi connectivity index (χ1n) is 8.01. The molecule has 0 spiro atoms. The molecule has 132 valence electrons. The van der Waals surface area contributed by atoms with Crippen molar-refractivity contribution >= 4 is 32.8 Å². The molecule has 1 aromatic heterocycles. The first-order chi connectivity index (χ1) is 11.8. The molecule has 0 fully saturated rings. The number of imidazole rings is 1. The zero-order chi connectivity index (χ0) is 18.2. The summed E-state index contributed by atoms with van der Waals surface area (Å²) in [6, 6.07) is 11.4. The van der Waals surface area contributed by atoms with Crippen molar-refractivity contribution in [2.75, 3.05) is 0 Å². The van der Waals surface area contributed by atoms with Gasteiger partial charge in [0.05, 0.1) is 15.9 Å². The van der Waals surface area contributed by atoms with Crippen LogP contribution in [0.15, 0.2) is 46.5 Å². The van der Waals surface area contributed by atoms with Crippen LogP contribution in [0.25, 0.3) is 11.0 Å². The van der Waals surface area contributed by atoms with Gasteiger partial charge in [0, 0.05) is 12.3 Å². The van der Waals surface area contributed by atoms with Crippen LogP contribution in [0.2, 0.25) is 0 Å². The monoisotopic (exact) mass is 375 g/mol. The lowest BCUT2D eigenvalue weighted by molar-refractivity contribution is 0.598. The maximum Gasteiger partial charge on any atom is 0.238 e. The Bertz CT molecular complexity index is 1020. The van der Waals surface area contributed by atoms with Crippen LogP contribution in [0.3, 0.4) is 0 Å². The second-order valence-corrected chi connectivity index (χ2v) is 8.62. The van der Waals surface area contributed by atoms with Crippen LogP contribution in [-0.2, 0) is 22.3 Å². The number of aromatic nitrogens is 2. The van der Waals surface area contributed by atoms with Gasteiger partial charge in [0.15, 0.2) is 5.16 Å². The van der Waals surface area contributed by atoms with E-state index in [1.165, 1.54) is 28.8 Å². The lowest BCUT2D eigenvalue weighted by Crippen LogP contribution is -2.11. The second-order valence-electron chi connectivity index (χ2n) is 6.12. The van der Waals surface area contributed by atoms with E-state index in [0.29, 0.717) is 5.52 Å². The molecule has 2 N–H and O–H groups in total. The van der Waals surface area contributed by atoms with E-state index in [0.717, 1.165) is 23.0 Å². The number of hydrogen-bond donors (Lipinski definition) is 1. The van der Waals surface area contributed by atoms with Crippen LogP contribution in [0.4, 0.5) is 0 Å². The second kappa shape index (κ2) is 6.82. The largest absolute Gasteiger partial charge is 0.319 e. The lowest BCUT2D eigenvalue weighted by Gasteiger charge is -2.07. The molecule has 0 bridgehead atoms. The Labute approximate surface area is 152 Å². The molecule has 25 heavy (non-hydrogen) atoms. The fourth-order valence-electron chi connectivity index (χ4n) is 2.98. The van der Waals surface area contributed by atoms with E-state index >= 15 is 0 Å². The molecular weight excluding hydrogens is 354 g/mol. The quantitative estimate of drug-likeness (QED) is 0.691. The highest BCUT2D eigenvalue weighted by Gasteiger charge is 2.14. The van der Waals surface area contributed by atoms with Crippen molar-refractivity contribution in [3.05, 3.63) is 53.1 Å². The average molecular weight is 376 g/mol. The molecule has 0 radical (unpaired) electrons. The molecule has 0 saturated carbocycles. The van der Waals surface area contributed by atoms with Crippen molar-refractivity contribution in [3.63, 3.8) is 0 Å². The van der Waals surface area contributed by atoms with Gasteiger partial charge >= 0.3 is 0 Å². The third-order valence-corrected chi connectivity index (χ3v) is 5.94. The van der Waals surface area contributed by atoms with Crippen LogP contribution in [-0.4, -0.2) is 18.0 Å². The van der Waals surface area contributed by atoms with Crippen LogP contribution in [0, 0.1) is 13.8 Å². The van der Waals surface area contributed by atoms with Gasteiger partial charge in [-0.25, -0.2) is 18.5 Å². The number of aryl methyl sites for hydroxylation is 3. The van der Waals surface area contributed by atoms with Gasteiger partial charge in [0.1, 0.15) is 0 Å². The Hall–Kier alpha value is -1.83. The van der Waals surface area contributed by atoms with Crippen molar-refractivity contribution in [1.29, 1.82) is 0 Å². The number of thioether (sulfide) groups is 1. The summed E-state index contributed by atoms with van der Waals surface area (Å²) >= 11 is 1.65. The highest BCUT2D eigenvalue weighted by molar-refractivity contribution is 7.98. The van der Waals surface area contributed by atoms with E-state index in [9.17, 15) is 8.42 Å². The minimum absolute atomic E-state index is 0.0895. The van der Waals surface area contributed by atoms with E-state index < -0.39 is 10.0 Å². The van der Waals surface area contributed by atoms with Crippen LogP contribution in [0.1, 0.15) is 23.6 Å². The third kappa shape index (κ3) is 3.89. The number of nitrogens with zero attached hydrogens (tertiary/aromatic N) is 2. The third-order valence-electron chi connectivity index (χ3n) is 3.98. The topological polar surface area (TPSA) is 78.0 Å². The molecule has 0 aliphatic heterocycles. The first kappa shape index (κ1) is 18.0. The van der Waals surface area contributed by atoms with Gasteiger partial charge in [-0.3, -0.25) is 0 Å². The van der Waals surface area contributed by atoms with E-state index in [1.807, 2.05) is 0 Å². The first-order valence-corrected chi connectivity index (χ1v) is 10.5. The van der Waals surface area contributed by atoms with E-state index in [4.69, 9.17) is 5.14 Å². The molecule has 3 aromatic rings. The van der Waals surface area contributed by atoms with Crippen molar-refractivity contribution in [2.24, 2.45) is 5.14 Å². The summed E-state index contributed by atoms with van der Waals surface area (Å²) in [6.45, 7) is 7.00. The number of nitrogens with two attached hydrogens (primary N) is 1. The normalized spacial score (nSPS) is 12.0. The van der Waals surface area contributed by atoms with Crippen LogP contribution < -0.4 is 5.14 Å². The molecule has 1 heterocycles. The molecule has 5 nitrogen and oxygen atoms in total. The molecule has 0 aliphatic carbocycles. The number of primary sulfonamides is 1. The van der Waals surface area contributed by atoms with Crippen LogP contribution >= 0.6 is 11.8 Å². The lowest BCUT2D eigenvalue weighted by atomic mass is 10.1. The highest BCUT2D eigenvalue weighted by Crippen LogP contribution is 2.28. The molecular formula is C18H21N3O2S2. The van der Waals surface area contributed by atoms with E-state index in [-0.39, 0.29) is 4.90 Å². The molecule has 0 atom stereocenters. The highest BCUT2D eigenvalue weighted by atomic mass is 32.2. The van der Waals surface area contributed by atoms with Crippen molar-refractivity contribution in [1.82, 2.24) is 9.55 Å². The molecule has 3 rings (SSSR count). The molecule has 0 unspecified atom stereocenters. The van der Waals surface area contributed by atoms with Gasteiger partial charge in [-0.15, -0.1) is 0 Å². The van der Waals surface area contributed by atoms with E-state index in [1.54, 1.807) is 17.8 Å². The van der Waals surface area contributed by atoms with Gasteiger partial charge < -0.3 is 4.57 Å². The maximum atomic E-state index is 11.6.